The molecule has 150 valence electrons. The number of pyridine rings is 1. The van der Waals surface area contributed by atoms with Crippen LogP contribution in [0.1, 0.15) is 47.4 Å². The van der Waals surface area contributed by atoms with Crippen molar-refractivity contribution in [1.29, 1.82) is 0 Å². The molecule has 2 heterocycles. The van der Waals surface area contributed by atoms with Crippen molar-refractivity contribution < 1.29 is 14.7 Å². The highest BCUT2D eigenvalue weighted by atomic mass is 16.4. The number of amides is 1. The first-order valence-electron chi connectivity index (χ1n) is 9.89. The van der Waals surface area contributed by atoms with Gasteiger partial charge in [0, 0.05) is 31.4 Å². The minimum atomic E-state index is -0.783. The van der Waals surface area contributed by atoms with E-state index in [1.807, 2.05) is 27.0 Å². The van der Waals surface area contributed by atoms with Crippen LogP contribution in [0.4, 0.5) is 0 Å². The lowest BCUT2D eigenvalue weighted by atomic mass is 9.85. The molecule has 0 radical (unpaired) electrons. The molecule has 4 rings (SSSR count). The molecule has 2 aromatic rings. The number of aliphatic carboxylic acids is 1. The number of nitrogens with one attached hydrogen (secondary N) is 1. The average molecular weight is 385 g/mol. The Bertz CT molecular complexity index is 928. The normalized spacial score (nSPS) is 21.7. The number of carboxylic acid groups (broad SMARTS) is 1. The molecule has 2 saturated carbocycles. The zero-order valence-corrected chi connectivity index (χ0v) is 16.6. The number of hydrogen-bond acceptors (Lipinski definition) is 5. The van der Waals surface area contributed by atoms with Crippen LogP contribution in [0.2, 0.25) is 0 Å². The Hall–Kier alpha value is -2.48. The molecule has 0 atom stereocenters. The van der Waals surface area contributed by atoms with Gasteiger partial charge in [0.25, 0.3) is 5.91 Å². The summed E-state index contributed by atoms with van der Waals surface area (Å²) in [5.74, 6) is -0.244. The first-order chi connectivity index (χ1) is 13.3. The Morgan fingerprint density at radius 1 is 1.32 bits per heavy atom. The smallest absolute Gasteiger partial charge is 0.317 e. The molecular formula is C20H27N5O3. The third kappa shape index (κ3) is 3.73. The minimum absolute atomic E-state index is 0.0773. The summed E-state index contributed by atoms with van der Waals surface area (Å²) in [4.78, 5) is 30.7. The van der Waals surface area contributed by atoms with Crippen LogP contribution >= 0.6 is 0 Å². The lowest BCUT2D eigenvalue weighted by Crippen LogP contribution is -2.55. The van der Waals surface area contributed by atoms with Gasteiger partial charge in [0.2, 0.25) is 0 Å². The number of hydrogen-bond donors (Lipinski definition) is 2. The van der Waals surface area contributed by atoms with Crippen LogP contribution in [0.3, 0.4) is 0 Å². The zero-order chi connectivity index (χ0) is 20.0. The van der Waals surface area contributed by atoms with Crippen molar-refractivity contribution in [1.82, 2.24) is 25.0 Å². The monoisotopic (exact) mass is 385 g/mol. The Kier molecular flexibility index (Phi) is 4.82. The van der Waals surface area contributed by atoms with Gasteiger partial charge in [-0.25, -0.2) is 4.98 Å². The van der Waals surface area contributed by atoms with E-state index in [1.165, 1.54) is 12.8 Å². The lowest BCUT2D eigenvalue weighted by molar-refractivity contribution is -0.139. The molecule has 2 aliphatic carbocycles. The van der Waals surface area contributed by atoms with E-state index in [4.69, 9.17) is 0 Å². The van der Waals surface area contributed by atoms with Crippen LogP contribution in [0, 0.1) is 19.8 Å². The van der Waals surface area contributed by atoms with Gasteiger partial charge in [-0.05, 0) is 51.5 Å². The number of aromatic nitrogens is 3. The molecule has 2 aromatic heterocycles. The molecule has 1 amide bonds. The van der Waals surface area contributed by atoms with Gasteiger partial charge >= 0.3 is 5.97 Å². The SMILES string of the molecule is Cc1cc(C(=O)NC2CC(N(CC(=O)O)CC3CC3)C2)c2c(C)nn(C)c2n1. The van der Waals surface area contributed by atoms with E-state index in [-0.39, 0.29) is 24.5 Å². The Morgan fingerprint density at radius 2 is 2.04 bits per heavy atom. The van der Waals surface area contributed by atoms with Gasteiger partial charge in [-0.1, -0.05) is 0 Å². The molecule has 0 saturated heterocycles. The summed E-state index contributed by atoms with van der Waals surface area (Å²) in [7, 11) is 1.83. The Morgan fingerprint density at radius 3 is 2.68 bits per heavy atom. The molecular weight excluding hydrogens is 358 g/mol. The van der Waals surface area contributed by atoms with Crippen molar-refractivity contribution >= 4 is 22.9 Å². The van der Waals surface area contributed by atoms with Crippen molar-refractivity contribution in [2.45, 2.75) is 51.6 Å². The number of nitrogens with zero attached hydrogens (tertiary/aromatic N) is 4. The summed E-state index contributed by atoms with van der Waals surface area (Å²) in [5, 5.41) is 17.5. The van der Waals surface area contributed by atoms with E-state index in [0.717, 1.165) is 36.2 Å². The third-order valence-corrected chi connectivity index (χ3v) is 5.83. The number of fused-ring (bicyclic) bond motifs is 1. The topological polar surface area (TPSA) is 100 Å². The Labute approximate surface area is 163 Å². The molecule has 2 fully saturated rings. The zero-order valence-electron chi connectivity index (χ0n) is 16.6. The second kappa shape index (κ2) is 7.16. The number of carboxylic acids is 1. The summed E-state index contributed by atoms with van der Waals surface area (Å²) in [6, 6.07) is 2.13. The van der Waals surface area contributed by atoms with Crippen molar-refractivity contribution in [3.63, 3.8) is 0 Å². The molecule has 0 spiro atoms. The van der Waals surface area contributed by atoms with Crippen LogP contribution < -0.4 is 5.32 Å². The van der Waals surface area contributed by atoms with Crippen molar-refractivity contribution in [2.75, 3.05) is 13.1 Å². The fourth-order valence-electron chi connectivity index (χ4n) is 4.16. The van der Waals surface area contributed by atoms with Crippen LogP contribution in [0.15, 0.2) is 6.07 Å². The van der Waals surface area contributed by atoms with E-state index in [9.17, 15) is 14.7 Å². The van der Waals surface area contributed by atoms with Crippen LogP contribution in [0.5, 0.6) is 0 Å². The van der Waals surface area contributed by atoms with Gasteiger partial charge in [-0.15, -0.1) is 0 Å². The average Bonchev–Trinajstić information content (AvgIpc) is 3.34. The molecule has 8 heteroatoms. The van der Waals surface area contributed by atoms with E-state index >= 15 is 0 Å². The second-order valence-corrected chi connectivity index (χ2v) is 8.28. The summed E-state index contributed by atoms with van der Waals surface area (Å²) in [6.45, 7) is 4.70. The van der Waals surface area contributed by atoms with Crippen LogP contribution in [-0.2, 0) is 11.8 Å². The summed E-state index contributed by atoms with van der Waals surface area (Å²) >= 11 is 0. The molecule has 0 unspecified atom stereocenters. The van der Waals surface area contributed by atoms with Gasteiger partial charge in [-0.3, -0.25) is 19.2 Å². The highest BCUT2D eigenvalue weighted by Crippen LogP contribution is 2.34. The van der Waals surface area contributed by atoms with Crippen LogP contribution in [-0.4, -0.2) is 61.8 Å². The van der Waals surface area contributed by atoms with E-state index in [0.29, 0.717) is 17.1 Å². The van der Waals surface area contributed by atoms with Crippen molar-refractivity contribution in [3.8, 4) is 0 Å². The predicted octanol–water partition coefficient (Wildman–Crippen LogP) is 1.64. The van der Waals surface area contributed by atoms with Gasteiger partial charge in [-0.2, -0.15) is 5.10 Å². The van der Waals surface area contributed by atoms with Gasteiger partial charge < -0.3 is 10.4 Å². The quantitative estimate of drug-likeness (QED) is 0.752. The highest BCUT2D eigenvalue weighted by molar-refractivity contribution is 6.06. The summed E-state index contributed by atoms with van der Waals surface area (Å²) in [5.41, 5.74) is 2.89. The number of aryl methyl sites for hydroxylation is 3. The fraction of sp³-hybridized carbons (Fsp3) is 0.600. The van der Waals surface area contributed by atoms with E-state index in [1.54, 1.807) is 4.68 Å². The maximum atomic E-state index is 12.9. The number of rotatable bonds is 7. The summed E-state index contributed by atoms with van der Waals surface area (Å²) in [6.07, 6.45) is 3.99. The molecule has 0 aliphatic heterocycles. The first kappa shape index (κ1) is 18.9. The van der Waals surface area contributed by atoms with E-state index in [2.05, 4.69) is 20.3 Å². The molecule has 2 N–H and O–H groups in total. The third-order valence-electron chi connectivity index (χ3n) is 5.83. The second-order valence-electron chi connectivity index (χ2n) is 8.28. The maximum absolute atomic E-state index is 12.9. The molecule has 0 aromatic carbocycles. The Balaban J connectivity index is 1.43. The molecule has 8 nitrogen and oxygen atoms in total. The minimum Gasteiger partial charge on any atom is -0.480 e. The molecule has 2 aliphatic rings. The fourth-order valence-corrected chi connectivity index (χ4v) is 4.16. The van der Waals surface area contributed by atoms with Crippen LogP contribution in [0.25, 0.3) is 11.0 Å². The standard InChI is InChI=1S/C20H27N5O3/c1-11-6-16(18-12(2)23-24(3)19(18)21-11)20(28)22-14-7-15(8-14)25(10-17(26)27)9-13-4-5-13/h6,13-15H,4-5,7-10H2,1-3H3,(H,22,28)(H,26,27). The number of carbonyl (C=O) groups excluding carboxylic acids is 1. The van der Waals surface area contributed by atoms with Gasteiger partial charge in [0.15, 0.2) is 5.65 Å². The van der Waals surface area contributed by atoms with Crippen molar-refractivity contribution in [2.24, 2.45) is 13.0 Å². The van der Waals surface area contributed by atoms with Crippen molar-refractivity contribution in [3.05, 3.63) is 23.0 Å². The van der Waals surface area contributed by atoms with E-state index < -0.39 is 5.97 Å². The van der Waals surface area contributed by atoms with Gasteiger partial charge in [0.1, 0.15) is 0 Å². The molecule has 28 heavy (non-hydrogen) atoms. The summed E-state index contributed by atoms with van der Waals surface area (Å²) < 4.78 is 1.70. The highest BCUT2D eigenvalue weighted by Gasteiger charge is 2.38. The first-order valence-corrected chi connectivity index (χ1v) is 9.89. The maximum Gasteiger partial charge on any atom is 0.317 e. The lowest BCUT2D eigenvalue weighted by Gasteiger charge is -2.42. The van der Waals surface area contributed by atoms with Gasteiger partial charge in [0.05, 0.1) is 23.2 Å². The number of carbonyl (C=O) groups is 2. The largest absolute Gasteiger partial charge is 0.480 e. The predicted molar refractivity (Wildman–Crippen MR) is 104 cm³/mol. The molecule has 0 bridgehead atoms.